The summed E-state index contributed by atoms with van der Waals surface area (Å²) in [5.74, 6) is -0.892. The predicted octanol–water partition coefficient (Wildman–Crippen LogP) is 1.09. The fraction of sp³-hybridized carbons (Fsp3) is 0.562. The van der Waals surface area contributed by atoms with Crippen LogP contribution in [0.3, 0.4) is 0 Å². The molecule has 0 spiro atoms. The first kappa shape index (κ1) is 19.2. The number of aromatic nitrogens is 2. The molecular weight excluding hydrogens is 310 g/mol. The average molecular weight is 331 g/mol. The van der Waals surface area contributed by atoms with E-state index in [2.05, 4.69) is 5.10 Å². The Hall–Kier alpha value is -2.87. The summed E-state index contributed by atoms with van der Waals surface area (Å²) < 4.78 is 6.69. The molecule has 0 radical (unpaired) electrons. The van der Waals surface area contributed by atoms with Gasteiger partial charge in [0.2, 0.25) is 0 Å². The van der Waals surface area contributed by atoms with E-state index in [-0.39, 0.29) is 39.0 Å². The second-order valence-corrected chi connectivity index (χ2v) is 5.26. The lowest BCUT2D eigenvalue weighted by Gasteiger charge is -2.20. The number of hydrogen-bond donors (Lipinski definition) is 0. The maximum absolute atomic E-state index is 12.0. The lowest BCUT2D eigenvalue weighted by atomic mass is 10.3. The molecular formula is C16H21N5O3. The van der Waals surface area contributed by atoms with Gasteiger partial charge in [-0.15, -0.1) is 0 Å². The van der Waals surface area contributed by atoms with E-state index in [0.717, 1.165) is 11.4 Å². The topological polar surface area (TPSA) is 112 Å². The molecule has 0 saturated carbocycles. The van der Waals surface area contributed by atoms with Crippen LogP contribution in [0.15, 0.2) is 6.07 Å². The van der Waals surface area contributed by atoms with Crippen LogP contribution in [0.4, 0.5) is 0 Å². The third-order valence-corrected chi connectivity index (χ3v) is 3.33. The molecule has 1 aromatic heterocycles. The Morgan fingerprint density at radius 3 is 2.38 bits per heavy atom. The molecule has 1 amide bonds. The van der Waals surface area contributed by atoms with Crippen LogP contribution in [0, 0.1) is 36.5 Å². The van der Waals surface area contributed by atoms with Crippen LogP contribution in [0.1, 0.15) is 30.7 Å². The van der Waals surface area contributed by atoms with Crippen LogP contribution in [-0.4, -0.2) is 46.3 Å². The fourth-order valence-corrected chi connectivity index (χ4v) is 2.14. The van der Waals surface area contributed by atoms with E-state index < -0.39 is 11.9 Å². The normalized spacial score (nSPS) is 9.83. The Labute approximate surface area is 141 Å². The van der Waals surface area contributed by atoms with E-state index in [1.54, 1.807) is 4.68 Å². The number of nitrogens with zero attached hydrogens (tertiary/aromatic N) is 5. The molecule has 24 heavy (non-hydrogen) atoms. The molecule has 0 fully saturated rings. The summed E-state index contributed by atoms with van der Waals surface area (Å²) in [4.78, 5) is 25.1. The third kappa shape index (κ3) is 6.49. The Bertz CT molecular complexity index is 636. The van der Waals surface area contributed by atoms with Crippen molar-refractivity contribution in [2.75, 3.05) is 19.7 Å². The second kappa shape index (κ2) is 10.0. The number of ether oxygens (including phenoxy) is 1. The summed E-state index contributed by atoms with van der Waals surface area (Å²) in [5, 5.41) is 21.4. The zero-order valence-electron chi connectivity index (χ0n) is 14.0. The molecule has 8 heteroatoms. The maximum Gasteiger partial charge on any atom is 0.308 e. The lowest BCUT2D eigenvalue weighted by molar-refractivity contribution is -0.152. The van der Waals surface area contributed by atoms with Crippen LogP contribution >= 0.6 is 0 Å². The molecule has 128 valence electrons. The lowest BCUT2D eigenvalue weighted by Crippen LogP contribution is -2.36. The Morgan fingerprint density at radius 2 is 1.88 bits per heavy atom. The minimum Gasteiger partial charge on any atom is -0.456 e. The summed E-state index contributed by atoms with van der Waals surface area (Å²) in [6, 6.07) is 5.81. The molecule has 1 rings (SSSR count). The van der Waals surface area contributed by atoms with Crippen LogP contribution in [0.2, 0.25) is 0 Å². The summed E-state index contributed by atoms with van der Waals surface area (Å²) >= 11 is 0. The van der Waals surface area contributed by atoms with Crippen LogP contribution in [-0.2, 0) is 20.9 Å². The van der Waals surface area contributed by atoms with Gasteiger partial charge in [-0.3, -0.25) is 14.3 Å². The number of carbonyl (C=O) groups is 2. The van der Waals surface area contributed by atoms with Crippen molar-refractivity contribution >= 4 is 11.9 Å². The molecule has 0 N–H and O–H groups in total. The highest BCUT2D eigenvalue weighted by atomic mass is 16.5. The number of carbonyl (C=O) groups excluding carboxylic acids is 2. The van der Waals surface area contributed by atoms with Crippen molar-refractivity contribution in [2.24, 2.45) is 0 Å². The largest absolute Gasteiger partial charge is 0.456 e. The SMILES string of the molecule is Cc1cc(C)n(CCC(=O)OCC(=O)N(CCC#N)CCC#N)n1. The van der Waals surface area contributed by atoms with Gasteiger partial charge in [0.1, 0.15) is 0 Å². The van der Waals surface area contributed by atoms with Gasteiger partial charge in [-0.1, -0.05) is 0 Å². The van der Waals surface area contributed by atoms with Gasteiger partial charge in [-0.25, -0.2) is 0 Å². The second-order valence-electron chi connectivity index (χ2n) is 5.26. The molecule has 0 aliphatic heterocycles. The van der Waals surface area contributed by atoms with Gasteiger partial charge in [-0.05, 0) is 19.9 Å². The first-order valence-corrected chi connectivity index (χ1v) is 7.66. The summed E-state index contributed by atoms with van der Waals surface area (Å²) in [5.41, 5.74) is 1.83. The first-order valence-electron chi connectivity index (χ1n) is 7.66. The zero-order valence-corrected chi connectivity index (χ0v) is 14.0. The highest BCUT2D eigenvalue weighted by Crippen LogP contribution is 2.03. The first-order chi connectivity index (χ1) is 11.5. The van der Waals surface area contributed by atoms with E-state index in [4.69, 9.17) is 15.3 Å². The van der Waals surface area contributed by atoms with Crippen molar-refractivity contribution in [1.29, 1.82) is 10.5 Å². The number of nitriles is 2. The number of aryl methyl sites for hydroxylation is 3. The minimum atomic E-state index is -0.489. The Balaban J connectivity index is 2.40. The zero-order chi connectivity index (χ0) is 17.9. The number of rotatable bonds is 9. The van der Waals surface area contributed by atoms with Crippen molar-refractivity contribution in [1.82, 2.24) is 14.7 Å². The Kier molecular flexibility index (Phi) is 8.00. The van der Waals surface area contributed by atoms with Gasteiger partial charge in [0, 0.05) is 18.8 Å². The average Bonchev–Trinajstić information content (AvgIpc) is 2.88. The van der Waals surface area contributed by atoms with Crippen LogP contribution in [0.25, 0.3) is 0 Å². The van der Waals surface area contributed by atoms with E-state index in [1.807, 2.05) is 32.1 Å². The predicted molar refractivity (Wildman–Crippen MR) is 84.3 cm³/mol. The molecule has 0 unspecified atom stereocenters. The van der Waals surface area contributed by atoms with Crippen LogP contribution < -0.4 is 0 Å². The van der Waals surface area contributed by atoms with Gasteiger partial charge < -0.3 is 9.64 Å². The molecule has 0 aliphatic carbocycles. The fourth-order valence-electron chi connectivity index (χ4n) is 2.14. The molecule has 0 bridgehead atoms. The van der Waals surface area contributed by atoms with Crippen molar-refractivity contribution < 1.29 is 14.3 Å². The van der Waals surface area contributed by atoms with Gasteiger partial charge >= 0.3 is 5.97 Å². The summed E-state index contributed by atoms with van der Waals surface area (Å²) in [6.07, 6.45) is 0.456. The van der Waals surface area contributed by atoms with E-state index in [9.17, 15) is 9.59 Å². The highest BCUT2D eigenvalue weighted by molar-refractivity contribution is 5.80. The monoisotopic (exact) mass is 331 g/mol. The highest BCUT2D eigenvalue weighted by Gasteiger charge is 2.15. The molecule has 0 saturated heterocycles. The van der Waals surface area contributed by atoms with E-state index in [0.29, 0.717) is 6.54 Å². The van der Waals surface area contributed by atoms with Gasteiger partial charge in [-0.2, -0.15) is 15.6 Å². The molecule has 0 aliphatic rings. The quantitative estimate of drug-likeness (QED) is 0.626. The van der Waals surface area contributed by atoms with Gasteiger partial charge in [0.15, 0.2) is 6.61 Å². The molecule has 0 aromatic carbocycles. The van der Waals surface area contributed by atoms with Crippen molar-refractivity contribution in [3.63, 3.8) is 0 Å². The van der Waals surface area contributed by atoms with E-state index >= 15 is 0 Å². The van der Waals surface area contributed by atoms with Gasteiger partial charge in [0.25, 0.3) is 5.91 Å². The van der Waals surface area contributed by atoms with E-state index in [1.165, 1.54) is 4.90 Å². The van der Waals surface area contributed by atoms with Crippen LogP contribution in [0.5, 0.6) is 0 Å². The minimum absolute atomic E-state index is 0.117. The summed E-state index contributed by atoms with van der Waals surface area (Å²) in [7, 11) is 0. The maximum atomic E-state index is 12.0. The molecule has 1 aromatic rings. The third-order valence-electron chi connectivity index (χ3n) is 3.33. The Morgan fingerprint density at radius 1 is 1.25 bits per heavy atom. The number of esters is 1. The van der Waals surface area contributed by atoms with Gasteiger partial charge in [0.05, 0.1) is 43.6 Å². The molecule has 0 atom stereocenters. The molecule has 1 heterocycles. The van der Waals surface area contributed by atoms with Crippen molar-refractivity contribution in [3.05, 3.63) is 17.5 Å². The smallest absolute Gasteiger partial charge is 0.308 e. The number of hydrogen-bond acceptors (Lipinski definition) is 6. The standard InChI is InChI=1S/C16H21N5O3/c1-13-11-14(2)21(19-13)10-5-16(23)24-12-15(22)20(8-3-6-17)9-4-7-18/h11H,3-5,8-10,12H2,1-2H3. The van der Waals surface area contributed by atoms with Crippen molar-refractivity contribution in [3.8, 4) is 12.1 Å². The summed E-state index contributed by atoms with van der Waals surface area (Å²) in [6.45, 7) is 4.22. The molecule has 8 nitrogen and oxygen atoms in total. The van der Waals surface area contributed by atoms with Crippen molar-refractivity contribution in [2.45, 2.75) is 39.7 Å². The number of amides is 1.